The highest BCUT2D eigenvalue weighted by Gasteiger charge is 2.45. The highest BCUT2D eigenvalue weighted by Crippen LogP contribution is 2.38. The first kappa shape index (κ1) is 19.7. The minimum atomic E-state index is -0.298. The molecule has 2 aliphatic carbocycles. The Morgan fingerprint density at radius 1 is 1.03 bits per heavy atom. The van der Waals surface area contributed by atoms with E-state index in [9.17, 15) is 4.79 Å². The molecule has 1 amide bonds. The lowest BCUT2D eigenvalue weighted by molar-refractivity contribution is -0.138. The minimum absolute atomic E-state index is 0.0577. The quantitative estimate of drug-likeness (QED) is 0.834. The van der Waals surface area contributed by atoms with Crippen LogP contribution in [0.4, 0.5) is 0 Å². The van der Waals surface area contributed by atoms with Crippen LogP contribution in [0.1, 0.15) is 81.5 Å². The summed E-state index contributed by atoms with van der Waals surface area (Å²) in [5.74, 6) is 1.11. The van der Waals surface area contributed by atoms with Gasteiger partial charge in [-0.15, -0.1) is 0 Å². The summed E-state index contributed by atoms with van der Waals surface area (Å²) < 4.78 is 1.95. The van der Waals surface area contributed by atoms with Gasteiger partial charge in [0, 0.05) is 11.8 Å². The van der Waals surface area contributed by atoms with Crippen molar-refractivity contribution in [3.63, 3.8) is 0 Å². The highest BCUT2D eigenvalue weighted by atomic mass is 16.2. The van der Waals surface area contributed by atoms with E-state index in [1.807, 2.05) is 29.1 Å². The van der Waals surface area contributed by atoms with Crippen molar-refractivity contribution in [1.29, 1.82) is 0 Å². The average Bonchev–Trinajstić information content (AvgIpc) is 3.26. The number of amides is 1. The molecule has 1 aliphatic heterocycles. The molecule has 3 heterocycles. The van der Waals surface area contributed by atoms with E-state index in [2.05, 4.69) is 20.3 Å². The normalized spacial score (nSPS) is 24.2. The van der Waals surface area contributed by atoms with Gasteiger partial charge in [-0.2, -0.15) is 5.10 Å². The van der Waals surface area contributed by atoms with Crippen molar-refractivity contribution in [3.8, 4) is 5.82 Å². The zero-order valence-electron chi connectivity index (χ0n) is 17.9. The second-order valence-electron chi connectivity index (χ2n) is 9.20. The molecule has 3 aliphatic rings. The zero-order valence-corrected chi connectivity index (χ0v) is 17.9. The van der Waals surface area contributed by atoms with Crippen molar-refractivity contribution in [3.05, 3.63) is 41.9 Å². The third-order valence-corrected chi connectivity index (χ3v) is 7.42. The first-order chi connectivity index (χ1) is 14.8. The maximum Gasteiger partial charge on any atom is 0.241 e. The smallest absolute Gasteiger partial charge is 0.241 e. The Bertz CT molecular complexity index is 865. The summed E-state index contributed by atoms with van der Waals surface area (Å²) in [5.41, 5.74) is 2.07. The van der Waals surface area contributed by atoms with E-state index in [1.165, 1.54) is 36.9 Å². The van der Waals surface area contributed by atoms with Crippen molar-refractivity contribution in [2.24, 2.45) is 0 Å². The summed E-state index contributed by atoms with van der Waals surface area (Å²) in [4.78, 5) is 20.8. The molecule has 2 aromatic heterocycles. The van der Waals surface area contributed by atoms with E-state index in [1.54, 1.807) is 6.20 Å². The van der Waals surface area contributed by atoms with Crippen molar-refractivity contribution in [1.82, 2.24) is 25.0 Å². The number of rotatable bonds is 4. The zero-order chi connectivity index (χ0) is 20.4. The monoisotopic (exact) mass is 407 g/mol. The van der Waals surface area contributed by atoms with Gasteiger partial charge in [-0.05, 0) is 70.2 Å². The fourth-order valence-corrected chi connectivity index (χ4v) is 5.82. The van der Waals surface area contributed by atoms with Gasteiger partial charge >= 0.3 is 0 Å². The number of hydrogen-bond acceptors (Lipinski definition) is 4. The minimum Gasteiger partial charge on any atom is -0.348 e. The van der Waals surface area contributed by atoms with Gasteiger partial charge < -0.3 is 5.32 Å². The number of nitrogens with zero attached hydrogens (tertiary/aromatic N) is 4. The number of hydrogen-bond donors (Lipinski definition) is 1. The Balaban J connectivity index is 1.39. The molecular formula is C24H33N5O. The molecule has 5 rings (SSSR count). The molecule has 1 N–H and O–H groups in total. The first-order valence-corrected chi connectivity index (χ1v) is 11.8. The Morgan fingerprint density at radius 2 is 1.83 bits per heavy atom. The predicted octanol–water partition coefficient (Wildman–Crippen LogP) is 3.95. The Morgan fingerprint density at radius 3 is 2.60 bits per heavy atom. The van der Waals surface area contributed by atoms with Gasteiger partial charge in [-0.25, -0.2) is 9.67 Å². The molecule has 0 bridgehead atoms. The van der Waals surface area contributed by atoms with Gasteiger partial charge in [-0.3, -0.25) is 9.69 Å². The molecule has 0 aromatic carbocycles. The molecule has 6 heteroatoms. The van der Waals surface area contributed by atoms with Crippen LogP contribution in [-0.4, -0.2) is 44.2 Å². The van der Waals surface area contributed by atoms with Crippen LogP contribution < -0.4 is 5.32 Å². The maximum atomic E-state index is 13.8. The molecule has 0 unspecified atom stereocenters. The number of nitrogens with one attached hydrogen (secondary N) is 1. The molecule has 1 saturated carbocycles. The molecule has 1 atom stereocenters. The van der Waals surface area contributed by atoms with Crippen molar-refractivity contribution < 1.29 is 4.79 Å². The Hall–Kier alpha value is -2.21. The summed E-state index contributed by atoms with van der Waals surface area (Å²) in [6, 6.07) is 5.96. The van der Waals surface area contributed by atoms with Gasteiger partial charge in [-0.1, -0.05) is 31.7 Å². The lowest BCUT2D eigenvalue weighted by Crippen LogP contribution is -2.61. The maximum absolute atomic E-state index is 13.8. The van der Waals surface area contributed by atoms with Crippen LogP contribution in [0.15, 0.2) is 30.6 Å². The lowest BCUT2D eigenvalue weighted by Gasteiger charge is -2.47. The van der Waals surface area contributed by atoms with Crippen LogP contribution in [0.3, 0.4) is 0 Å². The molecule has 30 heavy (non-hydrogen) atoms. The molecule has 2 fully saturated rings. The van der Waals surface area contributed by atoms with Gasteiger partial charge in [0.25, 0.3) is 0 Å². The lowest BCUT2D eigenvalue weighted by atomic mass is 9.78. The second-order valence-corrected chi connectivity index (χ2v) is 9.20. The number of likely N-dealkylation sites (tertiary alicyclic amines) is 1. The van der Waals surface area contributed by atoms with Gasteiger partial charge in [0.2, 0.25) is 5.91 Å². The van der Waals surface area contributed by atoms with E-state index < -0.39 is 0 Å². The molecule has 2 aromatic rings. The standard InChI is InChI=1S/C24H33N5O/c30-23(24(13-4-1-5-14-24)28-16-7-2-8-17-28)27-20-10-9-11-21-19(20)18-26-29(21)22-12-3-6-15-25-22/h3,6,12,15,18,20H,1-2,4-5,7-11,13-14,16-17H2,(H,27,30)/t20-/m0/s1. The largest absolute Gasteiger partial charge is 0.348 e. The summed E-state index contributed by atoms with van der Waals surface area (Å²) in [5, 5.41) is 8.13. The molecule has 0 spiro atoms. The van der Waals surface area contributed by atoms with Crippen LogP contribution in [0, 0.1) is 0 Å². The van der Waals surface area contributed by atoms with Gasteiger partial charge in [0.05, 0.1) is 17.9 Å². The topological polar surface area (TPSA) is 63.1 Å². The fourth-order valence-electron chi connectivity index (χ4n) is 5.82. The SMILES string of the molecule is O=C(N[C@H]1CCCc2c1cnn2-c1ccccn1)C1(N2CCCCC2)CCCCC1. The molecular weight excluding hydrogens is 374 g/mol. The fraction of sp³-hybridized carbons (Fsp3) is 0.625. The number of piperidine rings is 1. The van der Waals surface area contributed by atoms with E-state index in [0.29, 0.717) is 0 Å². The molecule has 1 saturated heterocycles. The van der Waals surface area contributed by atoms with Crippen molar-refractivity contribution in [2.75, 3.05) is 13.1 Å². The number of carbonyl (C=O) groups excluding carboxylic acids is 1. The Kier molecular flexibility index (Phi) is 5.59. The molecule has 160 valence electrons. The van der Waals surface area contributed by atoms with E-state index in [0.717, 1.165) is 63.9 Å². The second kappa shape index (κ2) is 8.50. The highest BCUT2D eigenvalue weighted by molar-refractivity contribution is 5.87. The van der Waals surface area contributed by atoms with Crippen LogP contribution in [0.2, 0.25) is 0 Å². The average molecular weight is 408 g/mol. The van der Waals surface area contributed by atoms with E-state index >= 15 is 0 Å². The van der Waals surface area contributed by atoms with Crippen molar-refractivity contribution in [2.45, 2.75) is 82.2 Å². The summed E-state index contributed by atoms with van der Waals surface area (Å²) in [6.45, 7) is 2.14. The first-order valence-electron chi connectivity index (χ1n) is 11.8. The summed E-state index contributed by atoms with van der Waals surface area (Å²) in [6.07, 6.45) is 16.1. The van der Waals surface area contributed by atoms with Gasteiger partial charge in [0.1, 0.15) is 5.54 Å². The molecule has 0 radical (unpaired) electrons. The number of fused-ring (bicyclic) bond motifs is 1. The summed E-state index contributed by atoms with van der Waals surface area (Å²) in [7, 11) is 0. The number of pyridine rings is 1. The van der Waals surface area contributed by atoms with Crippen LogP contribution >= 0.6 is 0 Å². The van der Waals surface area contributed by atoms with Gasteiger partial charge in [0.15, 0.2) is 5.82 Å². The van der Waals surface area contributed by atoms with Crippen LogP contribution in [0.5, 0.6) is 0 Å². The van der Waals surface area contributed by atoms with Crippen molar-refractivity contribution >= 4 is 5.91 Å². The van der Waals surface area contributed by atoms with Crippen LogP contribution in [0.25, 0.3) is 5.82 Å². The third kappa shape index (κ3) is 3.55. The van der Waals surface area contributed by atoms with E-state index in [4.69, 9.17) is 0 Å². The van der Waals surface area contributed by atoms with E-state index in [-0.39, 0.29) is 17.5 Å². The number of carbonyl (C=O) groups is 1. The van der Waals surface area contributed by atoms with Crippen LogP contribution in [-0.2, 0) is 11.2 Å². The Labute approximate surface area is 179 Å². The molecule has 6 nitrogen and oxygen atoms in total. The summed E-state index contributed by atoms with van der Waals surface area (Å²) >= 11 is 0. The third-order valence-electron chi connectivity index (χ3n) is 7.42. The number of aromatic nitrogens is 3. The predicted molar refractivity (Wildman–Crippen MR) is 116 cm³/mol.